The number of nitrogens with zero attached hydrogens (tertiary/aromatic N) is 1. The predicted octanol–water partition coefficient (Wildman–Crippen LogP) is 2.41. The second-order valence-corrected chi connectivity index (χ2v) is 6.33. The van der Waals surface area contributed by atoms with Gasteiger partial charge in [-0.15, -0.1) is 0 Å². The van der Waals surface area contributed by atoms with Gasteiger partial charge in [-0.3, -0.25) is 4.90 Å². The normalized spacial score (nSPS) is 27.4. The number of hydrogen-bond donors (Lipinski definition) is 1. The lowest BCUT2D eigenvalue weighted by Crippen LogP contribution is -2.39. The quantitative estimate of drug-likeness (QED) is 0.758. The summed E-state index contributed by atoms with van der Waals surface area (Å²) in [7, 11) is 0. The highest BCUT2D eigenvalue weighted by Gasteiger charge is 2.39. The van der Waals surface area contributed by atoms with E-state index in [0.717, 1.165) is 6.54 Å². The Hall–Kier alpha value is -0.0800. The van der Waals surface area contributed by atoms with Gasteiger partial charge in [-0.1, -0.05) is 19.3 Å². The molecular weight excluding hydrogens is 186 g/mol. The van der Waals surface area contributed by atoms with Gasteiger partial charge in [0.1, 0.15) is 0 Å². The summed E-state index contributed by atoms with van der Waals surface area (Å²) in [6, 6.07) is 0. The summed E-state index contributed by atoms with van der Waals surface area (Å²) in [5.41, 5.74) is 0.101. The molecule has 0 aromatic carbocycles. The van der Waals surface area contributed by atoms with Gasteiger partial charge in [-0.25, -0.2) is 0 Å². The third-order valence-corrected chi connectivity index (χ3v) is 4.04. The van der Waals surface area contributed by atoms with Crippen molar-refractivity contribution in [2.45, 2.75) is 58.0 Å². The monoisotopic (exact) mass is 211 g/mol. The number of hydrogen-bond acceptors (Lipinski definition) is 2. The van der Waals surface area contributed by atoms with Crippen molar-refractivity contribution >= 4 is 0 Å². The molecule has 1 N–H and O–H groups in total. The summed E-state index contributed by atoms with van der Waals surface area (Å²) in [6.45, 7) is 7.10. The fourth-order valence-electron chi connectivity index (χ4n) is 3.42. The van der Waals surface area contributed by atoms with E-state index in [-0.39, 0.29) is 0 Å². The molecule has 2 fully saturated rings. The summed E-state index contributed by atoms with van der Waals surface area (Å²) < 4.78 is 0. The lowest BCUT2D eigenvalue weighted by atomic mass is 9.73. The molecule has 0 radical (unpaired) electrons. The van der Waals surface area contributed by atoms with Crippen LogP contribution in [-0.4, -0.2) is 35.2 Å². The van der Waals surface area contributed by atoms with E-state index in [1.54, 1.807) is 0 Å². The molecule has 88 valence electrons. The Bertz CT molecular complexity index is 213. The van der Waals surface area contributed by atoms with Crippen LogP contribution in [0.4, 0.5) is 0 Å². The average Bonchev–Trinajstić information content (AvgIpc) is 2.47. The molecule has 0 unspecified atom stereocenters. The Morgan fingerprint density at radius 3 is 2.40 bits per heavy atom. The van der Waals surface area contributed by atoms with Crippen molar-refractivity contribution in [3.8, 4) is 0 Å². The molecule has 2 heteroatoms. The van der Waals surface area contributed by atoms with E-state index in [1.807, 2.05) is 13.8 Å². The molecule has 0 amide bonds. The van der Waals surface area contributed by atoms with E-state index in [2.05, 4.69) is 4.90 Å². The van der Waals surface area contributed by atoms with Crippen LogP contribution in [0, 0.1) is 5.41 Å². The largest absolute Gasteiger partial charge is 0.389 e. The molecule has 2 nitrogen and oxygen atoms in total. The highest BCUT2D eigenvalue weighted by atomic mass is 16.3. The van der Waals surface area contributed by atoms with Crippen LogP contribution in [0.1, 0.15) is 52.4 Å². The topological polar surface area (TPSA) is 23.5 Å². The zero-order valence-electron chi connectivity index (χ0n) is 10.3. The number of rotatable bonds is 2. The van der Waals surface area contributed by atoms with Gasteiger partial charge < -0.3 is 5.11 Å². The number of likely N-dealkylation sites (tertiary alicyclic amines) is 1. The van der Waals surface area contributed by atoms with Crippen LogP contribution in [0.2, 0.25) is 0 Å². The Balaban J connectivity index is 1.88. The molecule has 1 saturated carbocycles. The van der Waals surface area contributed by atoms with Crippen LogP contribution in [0.5, 0.6) is 0 Å². The van der Waals surface area contributed by atoms with Crippen molar-refractivity contribution in [2.75, 3.05) is 19.6 Å². The molecule has 0 atom stereocenters. The van der Waals surface area contributed by atoms with Gasteiger partial charge in [-0.2, -0.15) is 0 Å². The average molecular weight is 211 g/mol. The van der Waals surface area contributed by atoms with Gasteiger partial charge >= 0.3 is 0 Å². The van der Waals surface area contributed by atoms with Crippen LogP contribution in [-0.2, 0) is 0 Å². The second-order valence-electron chi connectivity index (χ2n) is 6.33. The summed E-state index contributed by atoms with van der Waals surface area (Å²) in [4.78, 5) is 2.46. The lowest BCUT2D eigenvalue weighted by molar-refractivity contribution is 0.0383. The van der Waals surface area contributed by atoms with E-state index in [9.17, 15) is 5.11 Å². The molecule has 1 aliphatic heterocycles. The molecule has 1 saturated heterocycles. The Morgan fingerprint density at radius 1 is 1.13 bits per heavy atom. The van der Waals surface area contributed by atoms with Crippen molar-refractivity contribution in [1.29, 1.82) is 0 Å². The third kappa shape index (κ3) is 2.94. The molecule has 15 heavy (non-hydrogen) atoms. The van der Waals surface area contributed by atoms with Gasteiger partial charge in [0.15, 0.2) is 0 Å². The predicted molar refractivity (Wildman–Crippen MR) is 62.9 cm³/mol. The van der Waals surface area contributed by atoms with Crippen LogP contribution in [0.25, 0.3) is 0 Å². The Morgan fingerprint density at radius 2 is 1.80 bits per heavy atom. The van der Waals surface area contributed by atoms with Gasteiger partial charge in [0.2, 0.25) is 0 Å². The molecule has 0 aromatic rings. The molecule has 2 rings (SSSR count). The fourth-order valence-corrected chi connectivity index (χ4v) is 3.42. The SMILES string of the molecule is CC(C)(O)CN1CCC2(CCCCC2)C1. The first kappa shape index (κ1) is 11.4. The van der Waals surface area contributed by atoms with Gasteiger partial charge in [0.25, 0.3) is 0 Å². The molecule has 1 spiro atoms. The summed E-state index contributed by atoms with van der Waals surface area (Å²) in [5, 5.41) is 9.82. The minimum absolute atomic E-state index is 0.528. The third-order valence-electron chi connectivity index (χ3n) is 4.04. The standard InChI is InChI=1S/C13H25NO/c1-12(2,15)10-14-9-8-13(11-14)6-4-3-5-7-13/h15H,3-11H2,1-2H3. The minimum Gasteiger partial charge on any atom is -0.389 e. The number of aliphatic hydroxyl groups is 1. The van der Waals surface area contributed by atoms with E-state index in [4.69, 9.17) is 0 Å². The van der Waals surface area contributed by atoms with Crippen LogP contribution >= 0.6 is 0 Å². The van der Waals surface area contributed by atoms with Crippen LogP contribution < -0.4 is 0 Å². The van der Waals surface area contributed by atoms with Gasteiger partial charge in [0.05, 0.1) is 5.60 Å². The first-order chi connectivity index (χ1) is 6.99. The van der Waals surface area contributed by atoms with Crippen LogP contribution in [0.15, 0.2) is 0 Å². The van der Waals surface area contributed by atoms with E-state index in [0.29, 0.717) is 5.41 Å². The first-order valence-electron chi connectivity index (χ1n) is 6.44. The van der Waals surface area contributed by atoms with Crippen molar-refractivity contribution in [3.63, 3.8) is 0 Å². The number of β-amino-alcohol motifs (C(OH)–C–C–N with tert-alkyl or cyclic N) is 1. The maximum absolute atomic E-state index is 9.82. The maximum atomic E-state index is 9.82. The highest BCUT2D eigenvalue weighted by molar-refractivity contribution is 4.93. The molecule has 1 heterocycles. The molecular formula is C13H25NO. The van der Waals surface area contributed by atoms with E-state index >= 15 is 0 Å². The highest BCUT2D eigenvalue weighted by Crippen LogP contribution is 2.43. The van der Waals surface area contributed by atoms with Gasteiger partial charge in [0, 0.05) is 13.1 Å². The molecule has 0 aromatic heterocycles. The minimum atomic E-state index is -0.528. The Labute approximate surface area is 93.7 Å². The Kier molecular flexibility index (Phi) is 3.09. The van der Waals surface area contributed by atoms with Crippen molar-refractivity contribution in [1.82, 2.24) is 4.90 Å². The van der Waals surface area contributed by atoms with E-state index < -0.39 is 5.60 Å². The fraction of sp³-hybridized carbons (Fsp3) is 1.00. The zero-order chi connectivity index (χ0) is 10.9. The molecule has 1 aliphatic carbocycles. The molecule has 2 aliphatic rings. The molecule has 0 bridgehead atoms. The zero-order valence-corrected chi connectivity index (χ0v) is 10.3. The van der Waals surface area contributed by atoms with Crippen molar-refractivity contribution < 1.29 is 5.11 Å². The summed E-state index contributed by atoms with van der Waals surface area (Å²) >= 11 is 0. The van der Waals surface area contributed by atoms with Gasteiger partial charge in [-0.05, 0) is 45.1 Å². The van der Waals surface area contributed by atoms with E-state index in [1.165, 1.54) is 51.6 Å². The smallest absolute Gasteiger partial charge is 0.0718 e. The lowest BCUT2D eigenvalue weighted by Gasteiger charge is -2.34. The summed E-state index contributed by atoms with van der Waals surface area (Å²) in [6.07, 6.45) is 8.51. The van der Waals surface area contributed by atoms with Crippen molar-refractivity contribution in [3.05, 3.63) is 0 Å². The first-order valence-corrected chi connectivity index (χ1v) is 6.44. The van der Waals surface area contributed by atoms with Crippen LogP contribution in [0.3, 0.4) is 0 Å². The second kappa shape index (κ2) is 4.06. The maximum Gasteiger partial charge on any atom is 0.0718 e. The van der Waals surface area contributed by atoms with Crippen molar-refractivity contribution in [2.24, 2.45) is 5.41 Å². The summed E-state index contributed by atoms with van der Waals surface area (Å²) in [5.74, 6) is 0.